The molecule has 0 bridgehead atoms. The third-order valence-electron chi connectivity index (χ3n) is 9.73. The van der Waals surface area contributed by atoms with Crippen molar-refractivity contribution in [3.05, 3.63) is 72.9 Å². The number of rotatable bonds is 42. The van der Waals surface area contributed by atoms with E-state index in [0.29, 0.717) is 19.4 Å². The fourth-order valence-corrected chi connectivity index (χ4v) is 6.22. The molecule has 5 nitrogen and oxygen atoms in total. The molecule has 0 aromatic rings. The Hall–Kier alpha value is -2.66. The highest BCUT2D eigenvalue weighted by Crippen LogP contribution is 2.13. The molecule has 0 amide bonds. The van der Waals surface area contributed by atoms with Gasteiger partial charge in [-0.15, -0.1) is 0 Å². The molecule has 0 fully saturated rings. The lowest BCUT2D eigenvalue weighted by atomic mass is 10.1. The minimum Gasteiger partial charge on any atom is -0.462 e. The fourth-order valence-electron chi connectivity index (χ4n) is 6.22. The van der Waals surface area contributed by atoms with Crippen LogP contribution in [0.2, 0.25) is 0 Å². The average molecular weight is 781 g/mol. The lowest BCUT2D eigenvalue weighted by molar-refractivity contribution is -0.163. The zero-order valence-electron chi connectivity index (χ0n) is 36.9. The van der Waals surface area contributed by atoms with Gasteiger partial charge in [0.1, 0.15) is 6.61 Å². The zero-order chi connectivity index (χ0) is 40.7. The van der Waals surface area contributed by atoms with E-state index in [2.05, 4.69) is 93.7 Å². The Labute approximate surface area is 347 Å². The number of esters is 2. The molecule has 0 spiro atoms. The van der Waals surface area contributed by atoms with Gasteiger partial charge in [-0.25, -0.2) is 0 Å². The molecule has 0 aromatic carbocycles. The predicted molar refractivity (Wildman–Crippen MR) is 242 cm³/mol. The van der Waals surface area contributed by atoms with Crippen LogP contribution in [0.5, 0.6) is 0 Å². The van der Waals surface area contributed by atoms with E-state index in [1.807, 2.05) is 0 Å². The first-order valence-corrected chi connectivity index (χ1v) is 23.5. The fraction of sp³-hybridized carbons (Fsp3) is 0.725. The first kappa shape index (κ1) is 53.3. The van der Waals surface area contributed by atoms with Gasteiger partial charge in [0.05, 0.1) is 6.61 Å². The number of hydrogen-bond acceptors (Lipinski definition) is 5. The van der Waals surface area contributed by atoms with E-state index in [1.54, 1.807) is 0 Å². The van der Waals surface area contributed by atoms with Crippen LogP contribution in [-0.2, 0) is 23.8 Å². The molecule has 5 heteroatoms. The Morgan fingerprint density at radius 3 is 1.36 bits per heavy atom. The second-order valence-corrected chi connectivity index (χ2v) is 15.3. The summed E-state index contributed by atoms with van der Waals surface area (Å²) < 4.78 is 17.3. The largest absolute Gasteiger partial charge is 0.462 e. The molecule has 0 saturated carbocycles. The number of allylic oxidation sites excluding steroid dienone is 12. The molecule has 0 aliphatic heterocycles. The zero-order valence-corrected chi connectivity index (χ0v) is 36.9. The van der Waals surface area contributed by atoms with Gasteiger partial charge < -0.3 is 14.2 Å². The monoisotopic (exact) mass is 781 g/mol. The van der Waals surface area contributed by atoms with Gasteiger partial charge >= 0.3 is 11.9 Å². The Morgan fingerprint density at radius 1 is 0.411 bits per heavy atom. The van der Waals surface area contributed by atoms with Crippen LogP contribution in [0, 0.1) is 0 Å². The van der Waals surface area contributed by atoms with Crippen LogP contribution in [0.4, 0.5) is 0 Å². The molecular formula is C51H88O5. The van der Waals surface area contributed by atoms with Gasteiger partial charge in [-0.2, -0.15) is 0 Å². The Morgan fingerprint density at radius 2 is 0.821 bits per heavy atom. The van der Waals surface area contributed by atoms with Gasteiger partial charge in [0.25, 0.3) is 0 Å². The number of unbranched alkanes of at least 4 members (excludes halogenated alkanes) is 19. The molecule has 0 radical (unpaired) electrons. The van der Waals surface area contributed by atoms with E-state index in [-0.39, 0.29) is 25.2 Å². The Balaban J connectivity index is 4.33. The first-order chi connectivity index (χ1) is 27.6. The maximum atomic E-state index is 12.7. The molecule has 1 atom stereocenters. The van der Waals surface area contributed by atoms with Crippen LogP contribution in [0.15, 0.2) is 72.9 Å². The summed E-state index contributed by atoms with van der Waals surface area (Å²) in [5.41, 5.74) is 0. The maximum Gasteiger partial charge on any atom is 0.306 e. The van der Waals surface area contributed by atoms with Crippen molar-refractivity contribution in [1.82, 2.24) is 0 Å². The van der Waals surface area contributed by atoms with Crippen LogP contribution >= 0.6 is 0 Å². The van der Waals surface area contributed by atoms with E-state index < -0.39 is 6.10 Å². The van der Waals surface area contributed by atoms with Gasteiger partial charge in [-0.1, -0.05) is 190 Å². The minimum atomic E-state index is -0.560. The molecule has 0 aromatic heterocycles. The topological polar surface area (TPSA) is 61.8 Å². The summed E-state index contributed by atoms with van der Waals surface area (Å²) in [5, 5.41) is 0. The van der Waals surface area contributed by atoms with E-state index in [1.165, 1.54) is 89.9 Å². The summed E-state index contributed by atoms with van der Waals surface area (Å²) in [6.07, 6.45) is 59.1. The van der Waals surface area contributed by atoms with Crippen molar-refractivity contribution < 1.29 is 23.8 Å². The molecule has 0 aliphatic carbocycles. The molecule has 56 heavy (non-hydrogen) atoms. The number of carbonyl (C=O) groups excluding carboxylic acids is 2. The maximum absolute atomic E-state index is 12.7. The van der Waals surface area contributed by atoms with Gasteiger partial charge in [0.2, 0.25) is 0 Å². The van der Waals surface area contributed by atoms with E-state index >= 15 is 0 Å². The molecule has 1 unspecified atom stereocenters. The van der Waals surface area contributed by atoms with Crippen molar-refractivity contribution in [2.24, 2.45) is 0 Å². The van der Waals surface area contributed by atoms with Crippen LogP contribution < -0.4 is 0 Å². The second-order valence-electron chi connectivity index (χ2n) is 15.3. The van der Waals surface area contributed by atoms with E-state index in [4.69, 9.17) is 14.2 Å². The standard InChI is InChI=1S/C51H88O5/c1-4-7-10-13-16-19-22-23-24-25-26-27-28-31-34-37-40-43-46-54-47-49(56-51(53)45-42-39-36-33-30-21-18-15-12-9-6-3)48-55-50(52)44-41-38-35-32-29-20-17-14-11-8-5-2/h7,10,14,16-17,19,23-24,26-27,31,34,49H,4-6,8-9,11-13,15,18,20-22,25,28-30,32-33,35-48H2,1-3H3/b10-7-,17-14-,19-16-,24-23-,27-26-,34-31-. The third-order valence-corrected chi connectivity index (χ3v) is 9.73. The van der Waals surface area contributed by atoms with Crippen molar-refractivity contribution >= 4 is 11.9 Å². The summed E-state index contributed by atoms with van der Waals surface area (Å²) in [5.74, 6) is -0.434. The molecule has 0 N–H and O–H groups in total. The van der Waals surface area contributed by atoms with Crippen molar-refractivity contribution in [2.45, 2.75) is 219 Å². The van der Waals surface area contributed by atoms with Crippen LogP contribution in [0.1, 0.15) is 213 Å². The third kappa shape index (κ3) is 44.1. The van der Waals surface area contributed by atoms with Crippen LogP contribution in [0.25, 0.3) is 0 Å². The minimum absolute atomic E-state index is 0.0627. The van der Waals surface area contributed by atoms with Crippen molar-refractivity contribution in [3.8, 4) is 0 Å². The molecule has 0 aliphatic rings. The molecule has 322 valence electrons. The van der Waals surface area contributed by atoms with Crippen molar-refractivity contribution in [1.29, 1.82) is 0 Å². The van der Waals surface area contributed by atoms with Gasteiger partial charge in [-0.05, 0) is 83.5 Å². The predicted octanol–water partition coefficient (Wildman–Crippen LogP) is 15.6. The molecule has 0 rings (SSSR count). The lowest BCUT2D eigenvalue weighted by Crippen LogP contribution is -2.30. The summed E-state index contributed by atoms with van der Waals surface area (Å²) in [7, 11) is 0. The highest BCUT2D eigenvalue weighted by molar-refractivity contribution is 5.70. The Kier molecular flexibility index (Phi) is 44.5. The highest BCUT2D eigenvalue weighted by atomic mass is 16.6. The number of hydrogen-bond donors (Lipinski definition) is 0. The van der Waals surface area contributed by atoms with Gasteiger partial charge in [-0.3, -0.25) is 9.59 Å². The Bertz CT molecular complexity index is 1020. The van der Waals surface area contributed by atoms with Gasteiger partial charge in [0, 0.05) is 19.4 Å². The summed E-state index contributed by atoms with van der Waals surface area (Å²) in [6, 6.07) is 0. The first-order valence-electron chi connectivity index (χ1n) is 23.5. The lowest BCUT2D eigenvalue weighted by Gasteiger charge is -2.18. The van der Waals surface area contributed by atoms with Gasteiger partial charge in [0.15, 0.2) is 6.10 Å². The second kappa shape index (κ2) is 46.7. The summed E-state index contributed by atoms with van der Waals surface area (Å²) in [6.45, 7) is 7.56. The molecule has 0 saturated heterocycles. The van der Waals surface area contributed by atoms with Crippen LogP contribution in [0.3, 0.4) is 0 Å². The summed E-state index contributed by atoms with van der Waals surface area (Å²) in [4.78, 5) is 25.2. The highest BCUT2D eigenvalue weighted by Gasteiger charge is 2.17. The average Bonchev–Trinajstić information content (AvgIpc) is 3.20. The van der Waals surface area contributed by atoms with Crippen molar-refractivity contribution in [2.75, 3.05) is 19.8 Å². The number of ether oxygens (including phenoxy) is 3. The quantitative estimate of drug-likeness (QED) is 0.0351. The number of carbonyl (C=O) groups is 2. The molecule has 0 heterocycles. The van der Waals surface area contributed by atoms with E-state index in [0.717, 1.165) is 89.9 Å². The van der Waals surface area contributed by atoms with Crippen molar-refractivity contribution in [3.63, 3.8) is 0 Å². The van der Waals surface area contributed by atoms with Crippen LogP contribution in [-0.4, -0.2) is 37.9 Å². The smallest absolute Gasteiger partial charge is 0.306 e. The van der Waals surface area contributed by atoms with E-state index in [9.17, 15) is 9.59 Å². The molecular weight excluding hydrogens is 693 g/mol. The SMILES string of the molecule is CC/C=C\C/C=C\C/C=C\C/C=C\C/C=C\CCCCOCC(COC(=O)CCCCCCC/C=C\CCCC)OC(=O)CCCCCCCCCCCCC. The summed E-state index contributed by atoms with van der Waals surface area (Å²) >= 11 is 0. The normalized spacial score (nSPS) is 12.8.